The van der Waals surface area contributed by atoms with Gasteiger partial charge in [-0.15, -0.1) is 0 Å². The van der Waals surface area contributed by atoms with Crippen molar-refractivity contribution in [2.75, 3.05) is 31.1 Å². The van der Waals surface area contributed by atoms with Crippen molar-refractivity contribution in [3.63, 3.8) is 0 Å². The van der Waals surface area contributed by atoms with Crippen LogP contribution >= 0.6 is 12.2 Å². The van der Waals surface area contributed by atoms with Crippen LogP contribution in [0.5, 0.6) is 0 Å². The molecule has 1 aromatic carbocycles. The molecule has 162 valence electrons. The smallest absolute Gasteiger partial charge is 0.242 e. The third kappa shape index (κ3) is 3.96. The summed E-state index contributed by atoms with van der Waals surface area (Å²) >= 11 is 5.01. The molecule has 1 aliphatic heterocycles. The lowest BCUT2D eigenvalue weighted by atomic mass is 10.0. The number of aromatic nitrogens is 5. The van der Waals surface area contributed by atoms with E-state index >= 15 is 0 Å². The second-order valence-corrected chi connectivity index (χ2v) is 7.94. The highest BCUT2D eigenvalue weighted by molar-refractivity contribution is 7.71. The number of carbonyl (C=O) groups is 1. The van der Waals surface area contributed by atoms with Crippen LogP contribution in [-0.2, 0) is 11.3 Å². The van der Waals surface area contributed by atoms with Gasteiger partial charge in [0.25, 0.3) is 0 Å². The minimum absolute atomic E-state index is 0.0220. The first-order valence-electron chi connectivity index (χ1n) is 10.2. The lowest BCUT2D eigenvalue weighted by Crippen LogP contribution is -2.49. The molecule has 1 aliphatic rings. The van der Waals surface area contributed by atoms with Crippen LogP contribution in [0.4, 0.5) is 10.1 Å². The fourth-order valence-electron chi connectivity index (χ4n) is 3.96. The number of carbonyl (C=O) groups excluding carboxylic acids is 1. The van der Waals surface area contributed by atoms with E-state index in [9.17, 15) is 9.18 Å². The number of nitrogens with one attached hydrogen (secondary N) is 1. The minimum atomic E-state index is -0.318. The van der Waals surface area contributed by atoms with E-state index in [4.69, 9.17) is 12.2 Å². The van der Waals surface area contributed by atoms with Gasteiger partial charge in [-0.2, -0.15) is 0 Å². The highest BCUT2D eigenvalue weighted by Gasteiger charge is 2.24. The minimum Gasteiger partial charge on any atom is -0.367 e. The highest BCUT2D eigenvalue weighted by atomic mass is 32.1. The number of piperazine rings is 1. The number of hydrogen-bond acceptors (Lipinski definition) is 6. The van der Waals surface area contributed by atoms with Crippen molar-refractivity contribution in [3.05, 3.63) is 65.8 Å². The maximum Gasteiger partial charge on any atom is 0.242 e. The highest BCUT2D eigenvalue weighted by Crippen LogP contribution is 2.31. The van der Waals surface area contributed by atoms with Gasteiger partial charge in [0, 0.05) is 61.6 Å². The Hall–Kier alpha value is -3.66. The van der Waals surface area contributed by atoms with Gasteiger partial charge in [0.1, 0.15) is 17.9 Å². The summed E-state index contributed by atoms with van der Waals surface area (Å²) in [6.07, 6.45) is 6.71. The Kier molecular flexibility index (Phi) is 5.36. The molecule has 0 aliphatic carbocycles. The SMILES string of the molecule is O=C(Cn1cnc2cccnc21)N1CCN(c2ccc(F)cc2-c2cnc(=S)[nH]c2)CC1. The Balaban J connectivity index is 1.30. The monoisotopic (exact) mass is 449 g/mol. The second kappa shape index (κ2) is 8.46. The Labute approximate surface area is 188 Å². The Bertz CT molecular complexity index is 1320. The molecule has 8 nitrogen and oxygen atoms in total. The third-order valence-corrected chi connectivity index (χ3v) is 5.82. The van der Waals surface area contributed by atoms with Crippen LogP contribution in [-0.4, -0.2) is 61.5 Å². The Morgan fingerprint density at radius 1 is 1.12 bits per heavy atom. The van der Waals surface area contributed by atoms with E-state index in [1.54, 1.807) is 35.6 Å². The average molecular weight is 450 g/mol. The summed E-state index contributed by atoms with van der Waals surface area (Å²) in [6.45, 7) is 2.63. The van der Waals surface area contributed by atoms with E-state index in [2.05, 4.69) is 24.8 Å². The zero-order valence-corrected chi connectivity index (χ0v) is 17.9. The van der Waals surface area contributed by atoms with Gasteiger partial charge in [-0.1, -0.05) is 0 Å². The number of halogens is 1. The zero-order valence-electron chi connectivity index (χ0n) is 17.1. The van der Waals surface area contributed by atoms with Crippen molar-refractivity contribution in [1.82, 2.24) is 29.4 Å². The van der Waals surface area contributed by atoms with Crippen LogP contribution < -0.4 is 4.90 Å². The van der Waals surface area contributed by atoms with Gasteiger partial charge in [-0.3, -0.25) is 4.79 Å². The molecule has 0 atom stereocenters. The second-order valence-electron chi connectivity index (χ2n) is 7.56. The number of anilines is 1. The molecular formula is C22H20FN7OS. The van der Waals surface area contributed by atoms with E-state index in [0.29, 0.717) is 36.6 Å². The summed E-state index contributed by atoms with van der Waals surface area (Å²) in [6, 6.07) is 8.42. The van der Waals surface area contributed by atoms with E-state index in [-0.39, 0.29) is 18.3 Å². The fourth-order valence-corrected chi connectivity index (χ4v) is 4.07. The van der Waals surface area contributed by atoms with Crippen LogP contribution in [0.25, 0.3) is 22.3 Å². The van der Waals surface area contributed by atoms with Crippen molar-refractivity contribution < 1.29 is 9.18 Å². The first-order chi connectivity index (χ1) is 15.6. The molecule has 0 unspecified atom stereocenters. The van der Waals surface area contributed by atoms with Crippen LogP contribution in [0.3, 0.4) is 0 Å². The van der Waals surface area contributed by atoms with Gasteiger partial charge in [0.2, 0.25) is 5.91 Å². The molecule has 1 saturated heterocycles. The van der Waals surface area contributed by atoms with Gasteiger partial charge >= 0.3 is 0 Å². The summed E-state index contributed by atoms with van der Waals surface area (Å²) in [5.74, 6) is -0.296. The molecule has 0 saturated carbocycles. The number of aromatic amines is 1. The van der Waals surface area contributed by atoms with Crippen LogP contribution in [0, 0.1) is 10.6 Å². The number of benzene rings is 1. The van der Waals surface area contributed by atoms with Gasteiger partial charge in [0.05, 0.1) is 6.33 Å². The Morgan fingerprint density at radius 2 is 1.97 bits per heavy atom. The van der Waals surface area contributed by atoms with Crippen molar-refractivity contribution in [1.29, 1.82) is 0 Å². The molecule has 0 radical (unpaired) electrons. The van der Waals surface area contributed by atoms with Crippen molar-refractivity contribution in [2.24, 2.45) is 0 Å². The van der Waals surface area contributed by atoms with Crippen molar-refractivity contribution >= 4 is 35.0 Å². The van der Waals surface area contributed by atoms with Crippen LogP contribution in [0.2, 0.25) is 0 Å². The van der Waals surface area contributed by atoms with Gasteiger partial charge in [-0.05, 0) is 42.5 Å². The van der Waals surface area contributed by atoms with Crippen molar-refractivity contribution in [2.45, 2.75) is 6.54 Å². The standard InChI is InChI=1S/C22H20FN7OS/c23-16-3-4-19(17(10-16)15-11-25-22(32)26-12-15)28-6-8-29(9-7-28)20(31)13-30-14-27-18-2-1-5-24-21(18)30/h1-5,10-12,14H,6-9,13H2,(H,25,26,32). The number of amides is 1. The van der Waals surface area contributed by atoms with Gasteiger partial charge in [-0.25, -0.2) is 19.3 Å². The average Bonchev–Trinajstić information content (AvgIpc) is 3.22. The predicted octanol–water partition coefficient (Wildman–Crippen LogP) is 3.04. The molecule has 0 bridgehead atoms. The number of rotatable bonds is 4. The van der Waals surface area contributed by atoms with E-state index in [1.165, 1.54) is 12.1 Å². The number of pyridine rings is 1. The summed E-state index contributed by atoms with van der Waals surface area (Å²) in [5.41, 5.74) is 3.86. The number of fused-ring (bicyclic) bond motifs is 1. The molecule has 4 aromatic rings. The Morgan fingerprint density at radius 3 is 2.75 bits per heavy atom. The largest absolute Gasteiger partial charge is 0.367 e. The van der Waals surface area contributed by atoms with Gasteiger partial charge < -0.3 is 19.4 Å². The lowest BCUT2D eigenvalue weighted by molar-refractivity contribution is -0.132. The molecule has 32 heavy (non-hydrogen) atoms. The fraction of sp³-hybridized carbons (Fsp3) is 0.227. The summed E-state index contributed by atoms with van der Waals surface area (Å²) in [7, 11) is 0. The predicted molar refractivity (Wildman–Crippen MR) is 121 cm³/mol. The normalized spacial score (nSPS) is 14.2. The molecule has 3 aromatic heterocycles. The number of imidazole rings is 1. The maximum atomic E-state index is 14.0. The molecule has 10 heteroatoms. The molecule has 1 amide bonds. The van der Waals surface area contributed by atoms with E-state index < -0.39 is 0 Å². The lowest BCUT2D eigenvalue weighted by Gasteiger charge is -2.37. The van der Waals surface area contributed by atoms with Gasteiger partial charge in [0.15, 0.2) is 10.4 Å². The molecule has 1 N–H and O–H groups in total. The van der Waals surface area contributed by atoms with Crippen molar-refractivity contribution in [3.8, 4) is 11.1 Å². The summed E-state index contributed by atoms with van der Waals surface area (Å²) in [5, 5.41) is 0. The molecule has 0 spiro atoms. The molecular weight excluding hydrogens is 429 g/mol. The maximum absolute atomic E-state index is 14.0. The number of H-pyrrole nitrogens is 1. The molecule has 4 heterocycles. The topological polar surface area (TPSA) is 82.9 Å². The third-order valence-electron chi connectivity index (χ3n) is 5.59. The summed E-state index contributed by atoms with van der Waals surface area (Å²) < 4.78 is 16.2. The van der Waals surface area contributed by atoms with E-state index in [1.807, 2.05) is 17.0 Å². The number of nitrogens with zero attached hydrogens (tertiary/aromatic N) is 6. The van der Waals surface area contributed by atoms with Crippen LogP contribution in [0.15, 0.2) is 55.2 Å². The molecule has 5 rings (SSSR count). The zero-order chi connectivity index (χ0) is 22.1. The quantitative estimate of drug-likeness (QED) is 0.482. The summed E-state index contributed by atoms with van der Waals surface area (Å²) in [4.78, 5) is 32.5. The number of hydrogen-bond donors (Lipinski definition) is 1. The van der Waals surface area contributed by atoms with Crippen LogP contribution in [0.1, 0.15) is 0 Å². The first kappa shape index (κ1) is 20.3. The van der Waals surface area contributed by atoms with E-state index in [0.717, 1.165) is 22.3 Å². The first-order valence-corrected chi connectivity index (χ1v) is 10.6. The molecule has 1 fully saturated rings.